The summed E-state index contributed by atoms with van der Waals surface area (Å²) in [6.45, 7) is 0. The molecule has 1 heterocycles. The minimum atomic E-state index is -1.37. The number of hydrogen-bond donors (Lipinski definition) is 2. The van der Waals surface area contributed by atoms with E-state index in [0.29, 0.717) is 5.69 Å². The zero-order valence-corrected chi connectivity index (χ0v) is 15.2. The van der Waals surface area contributed by atoms with Gasteiger partial charge in [-0.25, -0.2) is 14.2 Å². The van der Waals surface area contributed by atoms with Crippen molar-refractivity contribution in [2.75, 3.05) is 5.32 Å². The molecule has 1 amide bonds. The van der Waals surface area contributed by atoms with Gasteiger partial charge < -0.3 is 5.11 Å². The number of aromatic nitrogens is 1. The molecule has 0 spiro atoms. The zero-order valence-electron chi connectivity index (χ0n) is 14.3. The molecule has 0 saturated heterocycles. The second-order valence-corrected chi connectivity index (χ2v) is 6.88. The Bertz CT molecular complexity index is 1220. The normalized spacial score (nSPS) is 10.8. The molecule has 4 aromatic rings. The van der Waals surface area contributed by atoms with Gasteiger partial charge in [-0.05, 0) is 29.0 Å². The molecule has 7 heteroatoms. The van der Waals surface area contributed by atoms with Gasteiger partial charge in [0.2, 0.25) is 0 Å². The second kappa shape index (κ2) is 7.21. The van der Waals surface area contributed by atoms with Crippen LogP contribution in [0.25, 0.3) is 22.0 Å². The van der Waals surface area contributed by atoms with Gasteiger partial charge in [0.05, 0.1) is 16.8 Å². The van der Waals surface area contributed by atoms with E-state index >= 15 is 0 Å². The quantitative estimate of drug-likeness (QED) is 0.509. The molecule has 0 bridgehead atoms. The van der Waals surface area contributed by atoms with Gasteiger partial charge in [-0.1, -0.05) is 42.5 Å². The highest BCUT2D eigenvalue weighted by atomic mass is 32.1. The van der Waals surface area contributed by atoms with Gasteiger partial charge in [0.25, 0.3) is 5.91 Å². The summed E-state index contributed by atoms with van der Waals surface area (Å²) < 4.78 is 14.0. The molecule has 1 aromatic heterocycles. The molecule has 0 radical (unpaired) electrons. The lowest BCUT2D eigenvalue weighted by Gasteiger charge is -2.06. The zero-order chi connectivity index (χ0) is 19.7. The third kappa shape index (κ3) is 3.35. The first kappa shape index (κ1) is 17.8. The van der Waals surface area contributed by atoms with Gasteiger partial charge in [-0.3, -0.25) is 10.1 Å². The SMILES string of the molecule is O=C(O)c1cccc(F)c1C(=O)Nc1nc(-c2ccc3ccccc3c2)cs1. The van der Waals surface area contributed by atoms with Gasteiger partial charge in [0.15, 0.2) is 5.13 Å². The summed E-state index contributed by atoms with van der Waals surface area (Å²) in [5.41, 5.74) is 0.631. The summed E-state index contributed by atoms with van der Waals surface area (Å²) in [5.74, 6) is -3.13. The number of carbonyl (C=O) groups is 2. The maximum absolute atomic E-state index is 14.0. The van der Waals surface area contributed by atoms with Gasteiger partial charge in [0, 0.05) is 10.9 Å². The highest BCUT2D eigenvalue weighted by Crippen LogP contribution is 2.28. The number of nitrogens with one attached hydrogen (secondary N) is 1. The number of rotatable bonds is 4. The van der Waals surface area contributed by atoms with Crippen LogP contribution in [0.2, 0.25) is 0 Å². The summed E-state index contributed by atoms with van der Waals surface area (Å²) in [6, 6.07) is 17.3. The molecule has 28 heavy (non-hydrogen) atoms. The molecule has 0 aliphatic heterocycles. The van der Waals surface area contributed by atoms with Crippen LogP contribution in [0.3, 0.4) is 0 Å². The maximum atomic E-state index is 14.0. The predicted molar refractivity (Wildman–Crippen MR) is 106 cm³/mol. The average Bonchev–Trinajstić information content (AvgIpc) is 3.15. The van der Waals surface area contributed by atoms with Crippen molar-refractivity contribution in [1.82, 2.24) is 4.98 Å². The monoisotopic (exact) mass is 392 g/mol. The van der Waals surface area contributed by atoms with Crippen molar-refractivity contribution in [3.8, 4) is 11.3 Å². The number of thiazole rings is 1. The van der Waals surface area contributed by atoms with Crippen molar-refractivity contribution in [2.45, 2.75) is 0 Å². The van der Waals surface area contributed by atoms with Crippen LogP contribution in [0.15, 0.2) is 66.0 Å². The molecule has 138 valence electrons. The Labute approximate surface area is 163 Å². The molecule has 5 nitrogen and oxygen atoms in total. The van der Waals surface area contributed by atoms with Crippen LogP contribution in [0.4, 0.5) is 9.52 Å². The summed E-state index contributed by atoms with van der Waals surface area (Å²) >= 11 is 1.18. The highest BCUT2D eigenvalue weighted by molar-refractivity contribution is 7.14. The molecule has 0 unspecified atom stereocenters. The number of fused-ring (bicyclic) bond motifs is 1. The van der Waals surface area contributed by atoms with Crippen molar-refractivity contribution in [3.05, 3.63) is 83.0 Å². The average molecular weight is 392 g/mol. The lowest BCUT2D eigenvalue weighted by atomic mass is 10.1. The van der Waals surface area contributed by atoms with Crippen molar-refractivity contribution in [2.24, 2.45) is 0 Å². The van der Waals surface area contributed by atoms with Gasteiger partial charge in [-0.15, -0.1) is 11.3 Å². The Morgan fingerprint density at radius 2 is 1.79 bits per heavy atom. The highest BCUT2D eigenvalue weighted by Gasteiger charge is 2.21. The minimum Gasteiger partial charge on any atom is -0.478 e. The molecule has 4 rings (SSSR count). The van der Waals surface area contributed by atoms with E-state index in [1.807, 2.05) is 42.5 Å². The Morgan fingerprint density at radius 3 is 2.57 bits per heavy atom. The summed E-state index contributed by atoms with van der Waals surface area (Å²) in [7, 11) is 0. The number of anilines is 1. The standard InChI is InChI=1S/C21H13FN2O3S/c22-16-7-3-6-15(20(26)27)18(16)19(25)24-21-23-17(11-28-21)14-9-8-12-4-1-2-5-13(12)10-14/h1-11H,(H,26,27)(H,23,24,25). The van der Waals surface area contributed by atoms with Crippen LogP contribution in [-0.4, -0.2) is 22.0 Å². The van der Waals surface area contributed by atoms with Crippen molar-refractivity contribution >= 4 is 39.1 Å². The molecule has 0 saturated carbocycles. The van der Waals surface area contributed by atoms with Crippen LogP contribution in [0.5, 0.6) is 0 Å². The van der Waals surface area contributed by atoms with E-state index in [9.17, 15) is 19.1 Å². The summed E-state index contributed by atoms with van der Waals surface area (Å²) in [6.07, 6.45) is 0. The molecular weight excluding hydrogens is 379 g/mol. The number of benzene rings is 3. The molecule has 0 atom stereocenters. The Morgan fingerprint density at radius 1 is 1.00 bits per heavy atom. The van der Waals surface area contributed by atoms with Crippen LogP contribution < -0.4 is 5.32 Å². The lowest BCUT2D eigenvalue weighted by Crippen LogP contribution is -2.18. The topological polar surface area (TPSA) is 79.3 Å². The van der Waals surface area contributed by atoms with E-state index in [2.05, 4.69) is 10.3 Å². The van der Waals surface area contributed by atoms with Crippen LogP contribution in [0, 0.1) is 5.82 Å². The minimum absolute atomic E-state index is 0.257. The van der Waals surface area contributed by atoms with E-state index in [-0.39, 0.29) is 5.13 Å². The first-order chi connectivity index (χ1) is 13.5. The van der Waals surface area contributed by atoms with Crippen molar-refractivity contribution < 1.29 is 19.1 Å². The Balaban J connectivity index is 1.62. The van der Waals surface area contributed by atoms with Gasteiger partial charge in [0.1, 0.15) is 5.82 Å². The number of nitrogens with zero attached hydrogens (tertiary/aromatic N) is 1. The third-order valence-electron chi connectivity index (χ3n) is 4.24. The Kier molecular flexibility index (Phi) is 4.58. The van der Waals surface area contributed by atoms with E-state index in [1.165, 1.54) is 23.5 Å². The number of aromatic carboxylic acids is 1. The fourth-order valence-corrected chi connectivity index (χ4v) is 3.62. The van der Waals surface area contributed by atoms with Crippen molar-refractivity contribution in [1.29, 1.82) is 0 Å². The number of carbonyl (C=O) groups excluding carboxylic acids is 1. The van der Waals surface area contributed by atoms with Gasteiger partial charge in [-0.2, -0.15) is 0 Å². The first-order valence-electron chi connectivity index (χ1n) is 8.31. The fourth-order valence-electron chi connectivity index (χ4n) is 2.91. The molecule has 0 aliphatic carbocycles. The number of hydrogen-bond acceptors (Lipinski definition) is 4. The summed E-state index contributed by atoms with van der Waals surface area (Å²) in [5, 5.41) is 15.9. The van der Waals surface area contributed by atoms with Crippen molar-refractivity contribution in [3.63, 3.8) is 0 Å². The van der Waals surface area contributed by atoms with Gasteiger partial charge >= 0.3 is 5.97 Å². The Hall–Kier alpha value is -3.58. The predicted octanol–water partition coefficient (Wildman–Crippen LogP) is 5.05. The largest absolute Gasteiger partial charge is 0.478 e. The van der Waals surface area contributed by atoms with Crippen LogP contribution in [-0.2, 0) is 0 Å². The molecule has 0 fully saturated rings. The fraction of sp³-hybridized carbons (Fsp3) is 0. The van der Waals surface area contributed by atoms with E-state index in [0.717, 1.165) is 22.4 Å². The lowest BCUT2D eigenvalue weighted by molar-refractivity contribution is 0.0691. The third-order valence-corrected chi connectivity index (χ3v) is 5.00. The second-order valence-electron chi connectivity index (χ2n) is 6.02. The number of carboxylic acid groups (broad SMARTS) is 1. The van der Waals surface area contributed by atoms with E-state index in [1.54, 1.807) is 5.38 Å². The number of carboxylic acids is 1. The molecule has 3 aromatic carbocycles. The van der Waals surface area contributed by atoms with E-state index < -0.39 is 28.8 Å². The molecular formula is C21H13FN2O3S. The number of amides is 1. The first-order valence-corrected chi connectivity index (χ1v) is 9.19. The smallest absolute Gasteiger partial charge is 0.336 e. The van der Waals surface area contributed by atoms with Crippen LogP contribution >= 0.6 is 11.3 Å². The summed E-state index contributed by atoms with van der Waals surface area (Å²) in [4.78, 5) is 28.1. The van der Waals surface area contributed by atoms with E-state index in [4.69, 9.17) is 0 Å². The number of halogens is 1. The molecule has 0 aliphatic rings. The maximum Gasteiger partial charge on any atom is 0.336 e. The molecule has 2 N–H and O–H groups in total. The van der Waals surface area contributed by atoms with Crippen LogP contribution in [0.1, 0.15) is 20.7 Å².